The lowest BCUT2D eigenvalue weighted by atomic mass is 9.44. The number of fused-ring (bicyclic) bond motifs is 5. The maximum atomic E-state index is 17.2. The molecule has 4 N–H and O–H groups in total. The van der Waals surface area contributed by atoms with E-state index >= 15 is 4.39 Å². The van der Waals surface area contributed by atoms with Crippen LogP contribution in [-0.2, 0) is 11.2 Å². The molecule has 3 saturated carbocycles. The van der Waals surface area contributed by atoms with Crippen molar-refractivity contribution >= 4 is 5.78 Å². The maximum Gasteiger partial charge on any atom is 0.178 e. The molecular weight excluding hydrogens is 476 g/mol. The number of aliphatic hydroxyl groups is 3. The van der Waals surface area contributed by atoms with Crippen molar-refractivity contribution in [3.8, 4) is 0 Å². The maximum absolute atomic E-state index is 17.2. The van der Waals surface area contributed by atoms with Crippen LogP contribution in [0.1, 0.15) is 58.4 Å². The molecule has 0 saturated heterocycles. The van der Waals surface area contributed by atoms with Gasteiger partial charge in [0.2, 0.25) is 0 Å². The smallest absolute Gasteiger partial charge is 0.178 e. The number of allylic oxidation sites excluding steroid dienone is 4. The number of benzene rings is 1. The van der Waals surface area contributed by atoms with Crippen molar-refractivity contribution in [3.63, 3.8) is 0 Å². The number of halogens is 2. The molecule has 202 valence electrons. The van der Waals surface area contributed by atoms with E-state index in [9.17, 15) is 24.5 Å². The lowest BCUT2D eigenvalue weighted by Crippen LogP contribution is -2.70. The largest absolute Gasteiger partial charge is 0.390 e. The molecule has 9 unspecified atom stereocenters. The van der Waals surface area contributed by atoms with Crippen LogP contribution in [-0.4, -0.2) is 51.2 Å². The number of aryl methyl sites for hydroxylation is 1. The van der Waals surface area contributed by atoms with Crippen LogP contribution in [0.3, 0.4) is 0 Å². The molecule has 0 radical (unpaired) electrons. The number of hydrogen-bond acceptors (Lipinski definition) is 5. The van der Waals surface area contributed by atoms with Gasteiger partial charge in [-0.15, -0.1) is 0 Å². The predicted octanol–water partition coefficient (Wildman–Crippen LogP) is 4.01. The molecule has 0 spiro atoms. The van der Waals surface area contributed by atoms with Gasteiger partial charge in [0.15, 0.2) is 11.5 Å². The van der Waals surface area contributed by atoms with E-state index in [1.54, 1.807) is 19.1 Å². The summed E-state index contributed by atoms with van der Waals surface area (Å²) in [5.41, 5.74) is -3.93. The van der Waals surface area contributed by atoms with Crippen molar-refractivity contribution in [3.05, 3.63) is 59.4 Å². The zero-order valence-electron chi connectivity index (χ0n) is 21.9. The molecule has 0 aromatic heterocycles. The van der Waals surface area contributed by atoms with E-state index in [0.29, 0.717) is 38.6 Å². The molecule has 4 aliphatic carbocycles. The van der Waals surface area contributed by atoms with Gasteiger partial charge < -0.3 is 15.3 Å². The van der Waals surface area contributed by atoms with Gasteiger partial charge in [0, 0.05) is 16.7 Å². The van der Waals surface area contributed by atoms with Gasteiger partial charge >= 0.3 is 0 Å². The Bertz CT molecular complexity index is 1140. The second kappa shape index (κ2) is 9.08. The first-order valence-electron chi connectivity index (χ1n) is 13.6. The van der Waals surface area contributed by atoms with Crippen molar-refractivity contribution < 1.29 is 28.9 Å². The Balaban J connectivity index is 1.36. The first-order chi connectivity index (χ1) is 17.4. The van der Waals surface area contributed by atoms with Crippen LogP contribution in [0, 0.1) is 34.4 Å². The minimum absolute atomic E-state index is 0.0121. The Morgan fingerprint density at radius 2 is 2.00 bits per heavy atom. The molecule has 0 amide bonds. The lowest BCUT2D eigenvalue weighted by molar-refractivity contribution is -0.243. The topological polar surface area (TPSA) is 89.8 Å². The van der Waals surface area contributed by atoms with Crippen molar-refractivity contribution in [2.24, 2.45) is 28.6 Å². The van der Waals surface area contributed by atoms with E-state index in [4.69, 9.17) is 0 Å². The highest BCUT2D eigenvalue weighted by atomic mass is 19.1. The molecule has 4 aliphatic rings. The minimum Gasteiger partial charge on any atom is -0.390 e. The monoisotopic (exact) mass is 515 g/mol. The van der Waals surface area contributed by atoms with Crippen LogP contribution in [0.25, 0.3) is 0 Å². The van der Waals surface area contributed by atoms with Gasteiger partial charge in [0.25, 0.3) is 0 Å². The Kier molecular flexibility index (Phi) is 6.54. The van der Waals surface area contributed by atoms with E-state index in [1.807, 2.05) is 19.9 Å². The van der Waals surface area contributed by atoms with E-state index in [-0.39, 0.29) is 29.9 Å². The summed E-state index contributed by atoms with van der Waals surface area (Å²) in [7, 11) is 0. The third kappa shape index (κ3) is 3.72. The van der Waals surface area contributed by atoms with E-state index < -0.39 is 40.3 Å². The number of rotatable bonds is 6. The fourth-order valence-corrected chi connectivity index (χ4v) is 8.54. The molecule has 3 fully saturated rings. The summed E-state index contributed by atoms with van der Waals surface area (Å²) < 4.78 is 30.7. The number of ketones is 1. The molecule has 1 aromatic rings. The summed E-state index contributed by atoms with van der Waals surface area (Å²) in [5.74, 6) is -1.52. The van der Waals surface area contributed by atoms with Gasteiger partial charge in [0.05, 0.1) is 6.10 Å². The molecule has 0 aliphatic heterocycles. The molecule has 9 atom stereocenters. The van der Waals surface area contributed by atoms with E-state index in [2.05, 4.69) is 5.32 Å². The first kappa shape index (κ1) is 26.7. The average Bonchev–Trinajstić information content (AvgIpc) is 3.04. The van der Waals surface area contributed by atoms with Gasteiger partial charge in [-0.05, 0) is 93.7 Å². The van der Waals surface area contributed by atoms with Crippen molar-refractivity contribution in [1.29, 1.82) is 0 Å². The highest BCUT2D eigenvalue weighted by molar-refractivity contribution is 6.01. The third-order valence-corrected chi connectivity index (χ3v) is 10.6. The SMILES string of the molecule is CC1CC2C3CCC4=CC(=O)C=CC4(C)C3(F)C(O)CC2(C)C1(O)C(O)NCCCc1cccc(F)c1. The Hall–Kier alpha value is -1.93. The van der Waals surface area contributed by atoms with Gasteiger partial charge in [-0.25, -0.2) is 8.78 Å². The summed E-state index contributed by atoms with van der Waals surface area (Å²) in [6.07, 6.45) is 4.79. The highest BCUT2D eigenvalue weighted by Crippen LogP contribution is 2.70. The van der Waals surface area contributed by atoms with Crippen LogP contribution in [0.5, 0.6) is 0 Å². The molecular formula is C30H39F2NO4. The molecule has 0 heterocycles. The normalized spacial score (nSPS) is 43.6. The van der Waals surface area contributed by atoms with Crippen molar-refractivity contribution in [1.82, 2.24) is 5.32 Å². The Morgan fingerprint density at radius 3 is 2.73 bits per heavy atom. The van der Waals surface area contributed by atoms with Gasteiger partial charge in [-0.1, -0.05) is 37.6 Å². The third-order valence-electron chi connectivity index (χ3n) is 10.6. The zero-order valence-corrected chi connectivity index (χ0v) is 21.9. The molecule has 5 nitrogen and oxygen atoms in total. The molecule has 5 rings (SSSR count). The number of hydrogen-bond donors (Lipinski definition) is 4. The Morgan fingerprint density at radius 1 is 1.24 bits per heavy atom. The number of alkyl halides is 1. The summed E-state index contributed by atoms with van der Waals surface area (Å²) in [6, 6.07) is 6.41. The van der Waals surface area contributed by atoms with Gasteiger partial charge in [0.1, 0.15) is 17.6 Å². The van der Waals surface area contributed by atoms with Crippen molar-refractivity contribution in [2.45, 2.75) is 82.9 Å². The first-order valence-corrected chi connectivity index (χ1v) is 13.6. The van der Waals surface area contributed by atoms with Crippen LogP contribution in [0.2, 0.25) is 0 Å². The molecule has 0 bridgehead atoms. The molecule has 7 heteroatoms. The molecule has 1 aromatic carbocycles. The standard InChI is InChI=1S/C30H39F2NO4/c1-18-14-24-23-10-9-20-16-22(34)11-12-27(20,2)29(23,32)25(35)17-28(24,3)30(18,37)26(36)33-13-5-7-19-6-4-8-21(31)15-19/h4,6,8,11-12,15-16,18,23-26,33,35-37H,5,7,9-10,13-14,17H2,1-3H3. The van der Waals surface area contributed by atoms with Gasteiger partial charge in [-0.2, -0.15) is 0 Å². The second-order valence-electron chi connectivity index (χ2n) is 12.3. The second-order valence-corrected chi connectivity index (χ2v) is 12.3. The number of nitrogens with one attached hydrogen (secondary N) is 1. The highest BCUT2D eigenvalue weighted by Gasteiger charge is 2.75. The summed E-state index contributed by atoms with van der Waals surface area (Å²) in [6.45, 7) is 5.97. The van der Waals surface area contributed by atoms with Crippen LogP contribution in [0.15, 0.2) is 48.1 Å². The number of carbonyl (C=O) groups is 1. The van der Waals surface area contributed by atoms with Gasteiger partial charge in [-0.3, -0.25) is 10.1 Å². The lowest BCUT2D eigenvalue weighted by Gasteiger charge is -2.63. The fraction of sp³-hybridized carbons (Fsp3) is 0.633. The fourth-order valence-electron chi connectivity index (χ4n) is 8.54. The number of carbonyl (C=O) groups excluding carboxylic acids is 1. The Labute approximate surface area is 217 Å². The quantitative estimate of drug-likeness (QED) is 0.340. The van der Waals surface area contributed by atoms with Crippen LogP contribution in [0.4, 0.5) is 8.78 Å². The van der Waals surface area contributed by atoms with Crippen LogP contribution < -0.4 is 5.32 Å². The minimum atomic E-state index is -1.97. The average molecular weight is 516 g/mol. The summed E-state index contributed by atoms with van der Waals surface area (Å²) >= 11 is 0. The summed E-state index contributed by atoms with van der Waals surface area (Å²) in [5, 5.41) is 37.9. The predicted molar refractivity (Wildman–Crippen MR) is 137 cm³/mol. The molecule has 37 heavy (non-hydrogen) atoms. The summed E-state index contributed by atoms with van der Waals surface area (Å²) in [4.78, 5) is 12.0. The van der Waals surface area contributed by atoms with E-state index in [1.165, 1.54) is 24.3 Å². The number of aliphatic hydroxyl groups excluding tert-OH is 2. The van der Waals surface area contributed by atoms with Crippen molar-refractivity contribution in [2.75, 3.05) is 6.54 Å². The zero-order chi connectivity index (χ0) is 26.8. The van der Waals surface area contributed by atoms with Crippen LogP contribution >= 0.6 is 0 Å². The van der Waals surface area contributed by atoms with E-state index in [0.717, 1.165) is 11.1 Å².